The van der Waals surface area contributed by atoms with Gasteiger partial charge in [0, 0.05) is 15.5 Å². The molecule has 110 valence electrons. The number of likely N-dealkylation sites (tertiary alicyclic amines) is 1. The van der Waals surface area contributed by atoms with Crippen LogP contribution in [-0.4, -0.2) is 17.5 Å². The highest BCUT2D eigenvalue weighted by molar-refractivity contribution is 9.11. The Bertz CT molecular complexity index is 645. The van der Waals surface area contributed by atoms with Gasteiger partial charge in [0.25, 0.3) is 0 Å². The van der Waals surface area contributed by atoms with Crippen LogP contribution in [-0.2, 0) is 0 Å². The van der Waals surface area contributed by atoms with Crippen LogP contribution in [0.2, 0.25) is 0 Å². The number of thiophene rings is 1. The molecule has 0 spiro atoms. The Morgan fingerprint density at radius 1 is 1.33 bits per heavy atom. The van der Waals surface area contributed by atoms with E-state index in [9.17, 15) is 4.79 Å². The summed E-state index contributed by atoms with van der Waals surface area (Å²) in [5, 5.41) is 7.19. The molecule has 6 heteroatoms. The molecule has 0 aliphatic carbocycles. The second-order valence-corrected chi connectivity index (χ2v) is 7.51. The number of nitrogens with one attached hydrogen (secondary N) is 1. The van der Waals surface area contributed by atoms with Crippen molar-refractivity contribution in [2.45, 2.75) is 18.9 Å². The highest BCUT2D eigenvalue weighted by Crippen LogP contribution is 2.34. The smallest absolute Gasteiger partial charge is 0.317 e. The number of rotatable bonds is 2. The predicted octanol–water partition coefficient (Wildman–Crippen LogP) is 5.64. The number of halogens is 2. The SMILES string of the molecule is O=C(Nc1ccc(Br)cc1Br)N1CCCC1c1ccsc1. The Morgan fingerprint density at radius 2 is 2.19 bits per heavy atom. The lowest BCUT2D eigenvalue weighted by Gasteiger charge is -2.24. The van der Waals surface area contributed by atoms with Gasteiger partial charge >= 0.3 is 6.03 Å². The van der Waals surface area contributed by atoms with Crippen LogP contribution in [0.1, 0.15) is 24.4 Å². The Balaban J connectivity index is 1.75. The summed E-state index contributed by atoms with van der Waals surface area (Å²) in [6.07, 6.45) is 2.08. The van der Waals surface area contributed by atoms with Gasteiger partial charge in [-0.15, -0.1) is 0 Å². The predicted molar refractivity (Wildman–Crippen MR) is 93.9 cm³/mol. The minimum atomic E-state index is -0.0354. The lowest BCUT2D eigenvalue weighted by molar-refractivity contribution is 0.207. The molecule has 1 saturated heterocycles. The molecule has 0 bridgehead atoms. The molecule has 1 fully saturated rings. The van der Waals surface area contributed by atoms with Crippen LogP contribution in [0.3, 0.4) is 0 Å². The van der Waals surface area contributed by atoms with E-state index in [1.165, 1.54) is 5.56 Å². The molecule has 2 heterocycles. The van der Waals surface area contributed by atoms with Crippen LogP contribution >= 0.6 is 43.2 Å². The first-order chi connectivity index (χ1) is 10.1. The van der Waals surface area contributed by atoms with Crippen molar-refractivity contribution >= 4 is 54.9 Å². The molecule has 3 rings (SSSR count). The van der Waals surface area contributed by atoms with Crippen LogP contribution in [0.25, 0.3) is 0 Å². The highest BCUT2D eigenvalue weighted by Gasteiger charge is 2.30. The molecular formula is C15H14Br2N2OS. The molecule has 2 aromatic rings. The first kappa shape index (κ1) is 15.1. The molecule has 2 amide bonds. The highest BCUT2D eigenvalue weighted by atomic mass is 79.9. The number of hydrogen-bond acceptors (Lipinski definition) is 2. The summed E-state index contributed by atoms with van der Waals surface area (Å²) in [4.78, 5) is 14.5. The zero-order valence-electron chi connectivity index (χ0n) is 11.2. The van der Waals surface area contributed by atoms with E-state index in [1.54, 1.807) is 11.3 Å². The maximum Gasteiger partial charge on any atom is 0.322 e. The van der Waals surface area contributed by atoms with Gasteiger partial charge in [-0.25, -0.2) is 4.79 Å². The van der Waals surface area contributed by atoms with Crippen molar-refractivity contribution in [2.24, 2.45) is 0 Å². The van der Waals surface area contributed by atoms with Crippen molar-refractivity contribution in [3.8, 4) is 0 Å². The lowest BCUT2D eigenvalue weighted by atomic mass is 10.1. The van der Waals surface area contributed by atoms with E-state index in [1.807, 2.05) is 23.1 Å². The summed E-state index contributed by atoms with van der Waals surface area (Å²) in [5.74, 6) is 0. The van der Waals surface area contributed by atoms with E-state index in [4.69, 9.17) is 0 Å². The van der Waals surface area contributed by atoms with Gasteiger partial charge in [0.2, 0.25) is 0 Å². The van der Waals surface area contributed by atoms with Gasteiger partial charge < -0.3 is 10.2 Å². The summed E-state index contributed by atoms with van der Waals surface area (Å²) in [6.45, 7) is 0.806. The molecule has 1 N–H and O–H groups in total. The maximum absolute atomic E-state index is 12.5. The molecule has 1 aliphatic heterocycles. The third kappa shape index (κ3) is 3.33. The van der Waals surface area contributed by atoms with Gasteiger partial charge in [-0.05, 0) is 69.4 Å². The van der Waals surface area contributed by atoms with E-state index in [0.29, 0.717) is 0 Å². The zero-order chi connectivity index (χ0) is 14.8. The molecule has 1 atom stereocenters. The van der Waals surface area contributed by atoms with Crippen molar-refractivity contribution in [3.05, 3.63) is 49.5 Å². The van der Waals surface area contributed by atoms with Gasteiger partial charge in [0.05, 0.1) is 11.7 Å². The third-order valence-electron chi connectivity index (χ3n) is 3.61. The Hall–Kier alpha value is -0.850. The number of urea groups is 1. The Labute approximate surface area is 144 Å². The normalized spacial score (nSPS) is 18.0. The van der Waals surface area contributed by atoms with Crippen molar-refractivity contribution in [1.82, 2.24) is 4.90 Å². The quantitative estimate of drug-likeness (QED) is 0.657. The van der Waals surface area contributed by atoms with Crippen LogP contribution in [0.15, 0.2) is 44.0 Å². The van der Waals surface area contributed by atoms with Gasteiger partial charge in [0.15, 0.2) is 0 Å². The van der Waals surface area contributed by atoms with Crippen LogP contribution < -0.4 is 5.32 Å². The molecule has 0 radical (unpaired) electrons. The zero-order valence-corrected chi connectivity index (χ0v) is 15.2. The molecule has 3 nitrogen and oxygen atoms in total. The number of carbonyl (C=O) groups is 1. The van der Waals surface area contributed by atoms with Crippen molar-refractivity contribution in [2.75, 3.05) is 11.9 Å². The molecular weight excluding hydrogens is 416 g/mol. The molecule has 1 aromatic heterocycles. The second kappa shape index (κ2) is 6.50. The first-order valence-electron chi connectivity index (χ1n) is 6.70. The number of amides is 2. The van der Waals surface area contributed by atoms with Crippen molar-refractivity contribution in [1.29, 1.82) is 0 Å². The molecule has 1 aromatic carbocycles. The van der Waals surface area contributed by atoms with Crippen molar-refractivity contribution in [3.63, 3.8) is 0 Å². The van der Waals surface area contributed by atoms with Gasteiger partial charge in [-0.3, -0.25) is 0 Å². The van der Waals surface area contributed by atoms with Gasteiger partial charge in [-0.1, -0.05) is 15.9 Å². The van der Waals surface area contributed by atoms with E-state index in [-0.39, 0.29) is 12.1 Å². The average Bonchev–Trinajstić information content (AvgIpc) is 3.10. The number of carbonyl (C=O) groups excluding carboxylic acids is 1. The standard InChI is InChI=1S/C15H14Br2N2OS/c16-11-3-4-13(12(17)8-11)18-15(20)19-6-1-2-14(19)10-5-7-21-9-10/h3-5,7-9,14H,1-2,6H2,(H,18,20). The number of benzene rings is 1. The van der Waals surface area contributed by atoms with Gasteiger partial charge in [-0.2, -0.15) is 11.3 Å². The number of anilines is 1. The summed E-state index contributed by atoms with van der Waals surface area (Å²) >= 11 is 8.57. The van der Waals surface area contributed by atoms with E-state index in [0.717, 1.165) is 34.0 Å². The van der Waals surface area contributed by atoms with Gasteiger partial charge in [0.1, 0.15) is 0 Å². The summed E-state index contributed by atoms with van der Waals surface area (Å²) in [6, 6.07) is 8.01. The van der Waals surface area contributed by atoms with E-state index >= 15 is 0 Å². The van der Waals surface area contributed by atoms with Crippen LogP contribution in [0, 0.1) is 0 Å². The molecule has 1 unspecified atom stereocenters. The molecule has 0 saturated carbocycles. The molecule has 21 heavy (non-hydrogen) atoms. The Morgan fingerprint density at radius 3 is 2.90 bits per heavy atom. The third-order valence-corrected chi connectivity index (χ3v) is 5.47. The summed E-state index contributed by atoms with van der Waals surface area (Å²) in [5.41, 5.74) is 2.03. The van der Waals surface area contributed by atoms with E-state index < -0.39 is 0 Å². The minimum absolute atomic E-state index is 0.0354. The monoisotopic (exact) mass is 428 g/mol. The van der Waals surface area contributed by atoms with Crippen LogP contribution in [0.4, 0.5) is 10.5 Å². The number of nitrogens with zero attached hydrogens (tertiary/aromatic N) is 1. The minimum Gasteiger partial charge on any atom is -0.317 e. The topological polar surface area (TPSA) is 32.3 Å². The fraction of sp³-hybridized carbons (Fsp3) is 0.267. The summed E-state index contributed by atoms with van der Waals surface area (Å²) < 4.78 is 1.85. The fourth-order valence-corrected chi connectivity index (χ4v) is 4.45. The first-order valence-corrected chi connectivity index (χ1v) is 9.23. The average molecular weight is 430 g/mol. The largest absolute Gasteiger partial charge is 0.322 e. The van der Waals surface area contributed by atoms with Crippen LogP contribution in [0.5, 0.6) is 0 Å². The fourth-order valence-electron chi connectivity index (χ4n) is 2.60. The summed E-state index contributed by atoms with van der Waals surface area (Å²) in [7, 11) is 0. The maximum atomic E-state index is 12.5. The Kier molecular flexibility index (Phi) is 4.66. The van der Waals surface area contributed by atoms with E-state index in [2.05, 4.69) is 54.0 Å². The van der Waals surface area contributed by atoms with Crippen molar-refractivity contribution < 1.29 is 4.79 Å². The number of hydrogen-bond donors (Lipinski definition) is 1. The lowest BCUT2D eigenvalue weighted by Crippen LogP contribution is -2.34. The second-order valence-electron chi connectivity index (χ2n) is 4.96. The molecule has 1 aliphatic rings.